The van der Waals surface area contributed by atoms with Crippen molar-refractivity contribution in [2.75, 3.05) is 6.61 Å². The summed E-state index contributed by atoms with van der Waals surface area (Å²) in [6.45, 7) is 3.88. The first kappa shape index (κ1) is 37.2. The molecule has 250 valence electrons. The van der Waals surface area contributed by atoms with Crippen LogP contribution < -0.4 is 0 Å². The molecule has 0 saturated heterocycles. The number of unbranched alkanes of at least 4 members (excludes halogenated alkanes) is 2. The number of aliphatic hydroxyl groups excluding tert-OH is 1. The maximum Gasteiger partial charge on any atom is 0.309 e. The zero-order chi connectivity index (χ0) is 33.5. The van der Waals surface area contributed by atoms with Gasteiger partial charge in [0.1, 0.15) is 6.10 Å². The molecule has 3 unspecified atom stereocenters. The van der Waals surface area contributed by atoms with Gasteiger partial charge in [0, 0.05) is 13.3 Å². The van der Waals surface area contributed by atoms with Gasteiger partial charge in [0.2, 0.25) is 0 Å². The van der Waals surface area contributed by atoms with E-state index in [-0.39, 0.29) is 17.9 Å². The van der Waals surface area contributed by atoms with Crippen LogP contribution in [0.5, 0.6) is 0 Å². The van der Waals surface area contributed by atoms with Crippen LogP contribution in [-0.4, -0.2) is 29.8 Å². The van der Waals surface area contributed by atoms with Gasteiger partial charge in [-0.3, -0.25) is 9.59 Å². The molecule has 1 N–H and O–H groups in total. The topological polar surface area (TPSA) is 72.8 Å². The lowest BCUT2D eigenvalue weighted by Gasteiger charge is -2.23. The van der Waals surface area contributed by atoms with Gasteiger partial charge in [-0.2, -0.15) is 0 Å². The second kappa shape index (κ2) is 22.3. The Hall–Kier alpha value is -4.22. The van der Waals surface area contributed by atoms with E-state index in [1.54, 1.807) is 0 Å². The van der Waals surface area contributed by atoms with Crippen LogP contribution in [-0.2, 0) is 38.3 Å². The predicted molar refractivity (Wildman–Crippen MR) is 190 cm³/mol. The summed E-state index contributed by atoms with van der Waals surface area (Å²) >= 11 is 0. The van der Waals surface area contributed by atoms with Gasteiger partial charge in [0.15, 0.2) is 0 Å². The Balaban J connectivity index is 0.000000386. The monoisotopic (exact) mass is 636 g/mol. The van der Waals surface area contributed by atoms with E-state index < -0.39 is 12.2 Å². The van der Waals surface area contributed by atoms with E-state index in [0.29, 0.717) is 13.0 Å². The molecule has 4 aromatic carbocycles. The Labute approximate surface area is 282 Å². The highest BCUT2D eigenvalue weighted by atomic mass is 16.5. The van der Waals surface area contributed by atoms with Crippen molar-refractivity contribution in [3.63, 3.8) is 0 Å². The van der Waals surface area contributed by atoms with Gasteiger partial charge in [-0.15, -0.1) is 0 Å². The number of carbonyl (C=O) groups is 2. The summed E-state index contributed by atoms with van der Waals surface area (Å²) < 4.78 is 10.8. The second-order valence-electron chi connectivity index (χ2n) is 12.2. The highest BCUT2D eigenvalue weighted by Crippen LogP contribution is 2.27. The smallest absolute Gasteiger partial charge is 0.309 e. The molecule has 0 saturated carbocycles. The van der Waals surface area contributed by atoms with Crippen LogP contribution in [0.1, 0.15) is 87.2 Å². The van der Waals surface area contributed by atoms with Crippen LogP contribution in [0.3, 0.4) is 0 Å². The Morgan fingerprint density at radius 3 is 1.64 bits per heavy atom. The van der Waals surface area contributed by atoms with Gasteiger partial charge in [-0.1, -0.05) is 141 Å². The molecule has 0 spiro atoms. The molecular weight excluding hydrogens is 584 g/mol. The summed E-state index contributed by atoms with van der Waals surface area (Å²) in [6, 6.07) is 40.7. The van der Waals surface area contributed by atoms with Crippen molar-refractivity contribution in [2.45, 2.75) is 90.3 Å². The zero-order valence-electron chi connectivity index (χ0n) is 28.1. The lowest BCUT2D eigenvalue weighted by atomic mass is 9.98. The summed E-state index contributed by atoms with van der Waals surface area (Å²) in [7, 11) is 0. The molecule has 4 rings (SSSR count). The molecule has 5 heteroatoms. The van der Waals surface area contributed by atoms with Crippen LogP contribution in [0.4, 0.5) is 0 Å². The zero-order valence-corrected chi connectivity index (χ0v) is 28.1. The molecule has 0 bridgehead atoms. The van der Waals surface area contributed by atoms with Crippen molar-refractivity contribution in [1.29, 1.82) is 0 Å². The van der Waals surface area contributed by atoms with E-state index in [1.165, 1.54) is 23.6 Å². The molecule has 0 radical (unpaired) electrons. The average Bonchev–Trinajstić information content (AvgIpc) is 3.10. The first-order chi connectivity index (χ1) is 22.9. The minimum absolute atomic E-state index is 0.193. The van der Waals surface area contributed by atoms with Gasteiger partial charge < -0.3 is 14.6 Å². The molecule has 0 aliphatic heterocycles. The van der Waals surface area contributed by atoms with Gasteiger partial charge in [-0.05, 0) is 67.2 Å². The molecule has 5 nitrogen and oxygen atoms in total. The Bertz CT molecular complexity index is 1380. The fourth-order valence-electron chi connectivity index (χ4n) is 5.35. The van der Waals surface area contributed by atoms with Crippen LogP contribution in [0.15, 0.2) is 121 Å². The lowest BCUT2D eigenvalue weighted by Crippen LogP contribution is -2.22. The standard InChI is InChI=1S/C31H38O3.C11H14O2/c1-25(22-23-27-17-8-3-9-18-27)31(33)34-30(28-19-11-5-12-20-28)24-29(32)21-13-4-10-16-26-14-6-2-7-15-26;1-10(12)13-9-5-8-11-6-3-2-4-7-11/h2-3,5-9,11-12,14-15,17-20,25,29-30,32H,4,10,13,16,21-24H2,1H3;2-4,6-7H,5,8-9H2,1H3. The summed E-state index contributed by atoms with van der Waals surface area (Å²) in [5.41, 5.74) is 4.81. The fraction of sp³-hybridized carbons (Fsp3) is 0.381. The molecule has 4 aromatic rings. The first-order valence-corrected chi connectivity index (χ1v) is 17.1. The first-order valence-electron chi connectivity index (χ1n) is 17.1. The molecule has 0 aliphatic carbocycles. The van der Waals surface area contributed by atoms with E-state index in [2.05, 4.69) is 48.5 Å². The van der Waals surface area contributed by atoms with Crippen LogP contribution in [0.2, 0.25) is 0 Å². The fourth-order valence-corrected chi connectivity index (χ4v) is 5.35. The van der Waals surface area contributed by atoms with Crippen LogP contribution in [0, 0.1) is 5.92 Å². The van der Waals surface area contributed by atoms with E-state index >= 15 is 0 Å². The van der Waals surface area contributed by atoms with Crippen LogP contribution in [0.25, 0.3) is 0 Å². The molecule has 0 aromatic heterocycles. The molecule has 0 fully saturated rings. The van der Waals surface area contributed by atoms with E-state index in [0.717, 1.165) is 63.4 Å². The van der Waals surface area contributed by atoms with E-state index in [9.17, 15) is 14.7 Å². The summed E-state index contributed by atoms with van der Waals surface area (Å²) in [4.78, 5) is 23.3. The molecular formula is C42H52O5. The van der Waals surface area contributed by atoms with Crippen molar-refractivity contribution in [2.24, 2.45) is 5.92 Å². The quantitative estimate of drug-likeness (QED) is 0.0871. The maximum atomic E-state index is 12.9. The van der Waals surface area contributed by atoms with Gasteiger partial charge >= 0.3 is 11.9 Å². The number of esters is 2. The number of aliphatic hydroxyl groups is 1. The number of aryl methyl sites for hydroxylation is 3. The van der Waals surface area contributed by atoms with Crippen molar-refractivity contribution in [3.05, 3.63) is 144 Å². The largest absolute Gasteiger partial charge is 0.466 e. The number of rotatable bonds is 18. The third-order valence-electron chi connectivity index (χ3n) is 8.13. The number of carbonyl (C=O) groups excluding carboxylic acids is 2. The second-order valence-corrected chi connectivity index (χ2v) is 12.2. The molecule has 47 heavy (non-hydrogen) atoms. The molecule has 3 atom stereocenters. The van der Waals surface area contributed by atoms with Gasteiger partial charge in [-0.25, -0.2) is 0 Å². The van der Waals surface area contributed by atoms with Crippen LogP contribution >= 0.6 is 0 Å². The van der Waals surface area contributed by atoms with Crippen molar-refractivity contribution < 1.29 is 24.2 Å². The van der Waals surface area contributed by atoms with Gasteiger partial charge in [0.05, 0.1) is 18.6 Å². The number of hydrogen-bond acceptors (Lipinski definition) is 5. The maximum absolute atomic E-state index is 12.9. The predicted octanol–water partition coefficient (Wildman–Crippen LogP) is 9.28. The SMILES string of the molecule is CC(=O)OCCCc1ccccc1.CC(CCc1ccccc1)C(=O)OC(CC(O)CCCCCc1ccccc1)c1ccccc1. The third-order valence-corrected chi connectivity index (χ3v) is 8.13. The van der Waals surface area contributed by atoms with E-state index in [4.69, 9.17) is 9.47 Å². The number of ether oxygens (including phenoxy) is 2. The molecule has 0 aliphatic rings. The average molecular weight is 637 g/mol. The number of hydrogen-bond donors (Lipinski definition) is 1. The molecule has 0 heterocycles. The Morgan fingerprint density at radius 1 is 0.617 bits per heavy atom. The molecule has 0 amide bonds. The Morgan fingerprint density at radius 2 is 1.11 bits per heavy atom. The Kier molecular flexibility index (Phi) is 17.7. The lowest BCUT2D eigenvalue weighted by molar-refractivity contribution is -0.155. The highest BCUT2D eigenvalue weighted by Gasteiger charge is 2.23. The van der Waals surface area contributed by atoms with Crippen molar-refractivity contribution >= 4 is 11.9 Å². The van der Waals surface area contributed by atoms with Crippen molar-refractivity contribution in [1.82, 2.24) is 0 Å². The highest BCUT2D eigenvalue weighted by molar-refractivity contribution is 5.72. The minimum atomic E-state index is -0.491. The normalized spacial score (nSPS) is 12.6. The number of benzene rings is 4. The summed E-state index contributed by atoms with van der Waals surface area (Å²) in [5, 5.41) is 10.7. The summed E-state index contributed by atoms with van der Waals surface area (Å²) in [6.07, 6.45) is 7.93. The van der Waals surface area contributed by atoms with E-state index in [1.807, 2.05) is 79.7 Å². The third kappa shape index (κ3) is 16.3. The summed E-state index contributed by atoms with van der Waals surface area (Å²) in [5.74, 6) is -0.588. The van der Waals surface area contributed by atoms with Gasteiger partial charge in [0.25, 0.3) is 0 Å². The minimum Gasteiger partial charge on any atom is -0.466 e. The van der Waals surface area contributed by atoms with Crippen molar-refractivity contribution in [3.8, 4) is 0 Å².